The molecular weight excluding hydrogens is 332 g/mol. The molecule has 27 heavy (non-hydrogen) atoms. The molecule has 1 N–H and O–H groups in total. The second-order valence-electron chi connectivity index (χ2n) is 6.84. The minimum Gasteiger partial charge on any atom is -0.497 e. The van der Waals surface area contributed by atoms with Crippen molar-refractivity contribution >= 4 is 17.1 Å². The zero-order valence-electron chi connectivity index (χ0n) is 16.2. The number of benzene rings is 2. The number of hydrogen-bond donors (Lipinski definition) is 1. The summed E-state index contributed by atoms with van der Waals surface area (Å²) in [6, 6.07) is 17.2. The highest BCUT2D eigenvalue weighted by Crippen LogP contribution is 2.25. The Morgan fingerprint density at radius 1 is 1.11 bits per heavy atom. The van der Waals surface area contributed by atoms with Crippen LogP contribution in [-0.4, -0.2) is 18.9 Å². The molecule has 1 unspecified atom stereocenters. The van der Waals surface area contributed by atoms with Gasteiger partial charge in [-0.15, -0.1) is 0 Å². The standard InChI is InChI=1S/C24H26N2O/c1-17-10-12-22(27-4)16-24(17)26-23-13-11-21(14-18(23)2)25-19(3)15-20-8-6-5-7-9-20/h5-14,16,19,25H,1,15H2,2-4H3. The molecule has 1 aliphatic carbocycles. The van der Waals surface area contributed by atoms with Crippen LogP contribution in [0.25, 0.3) is 0 Å². The van der Waals surface area contributed by atoms with Crippen LogP contribution in [0, 0.1) is 6.92 Å². The van der Waals surface area contributed by atoms with E-state index in [0.717, 1.165) is 40.4 Å². The van der Waals surface area contributed by atoms with Crippen molar-refractivity contribution in [2.24, 2.45) is 4.99 Å². The van der Waals surface area contributed by atoms with Crippen molar-refractivity contribution in [2.45, 2.75) is 26.3 Å². The van der Waals surface area contributed by atoms with Crippen molar-refractivity contribution in [3.05, 3.63) is 95.8 Å². The molecule has 0 aliphatic heterocycles. The van der Waals surface area contributed by atoms with E-state index in [1.165, 1.54) is 5.56 Å². The van der Waals surface area contributed by atoms with Gasteiger partial charge >= 0.3 is 0 Å². The van der Waals surface area contributed by atoms with Gasteiger partial charge in [-0.25, -0.2) is 4.99 Å². The maximum Gasteiger partial charge on any atom is 0.121 e. The molecule has 0 saturated heterocycles. The fraction of sp³-hybridized carbons (Fsp3) is 0.208. The normalized spacial score (nSPS) is 16.2. The van der Waals surface area contributed by atoms with E-state index in [2.05, 4.69) is 62.1 Å². The van der Waals surface area contributed by atoms with E-state index in [-0.39, 0.29) is 0 Å². The lowest BCUT2D eigenvalue weighted by Gasteiger charge is -2.16. The largest absolute Gasteiger partial charge is 0.497 e. The third kappa shape index (κ3) is 4.98. The van der Waals surface area contributed by atoms with Gasteiger partial charge in [-0.2, -0.15) is 0 Å². The monoisotopic (exact) mass is 358 g/mol. The summed E-state index contributed by atoms with van der Waals surface area (Å²) < 4.78 is 5.29. The number of methoxy groups -OCH3 is 1. The van der Waals surface area contributed by atoms with Crippen LogP contribution in [0.4, 0.5) is 11.4 Å². The predicted octanol–water partition coefficient (Wildman–Crippen LogP) is 5.77. The van der Waals surface area contributed by atoms with Crippen molar-refractivity contribution in [1.29, 1.82) is 0 Å². The highest BCUT2D eigenvalue weighted by atomic mass is 16.5. The van der Waals surface area contributed by atoms with Crippen LogP contribution in [0.2, 0.25) is 0 Å². The van der Waals surface area contributed by atoms with Crippen LogP contribution in [-0.2, 0) is 11.2 Å². The van der Waals surface area contributed by atoms with Crippen molar-refractivity contribution in [1.82, 2.24) is 0 Å². The average molecular weight is 358 g/mol. The van der Waals surface area contributed by atoms with Gasteiger partial charge in [0.1, 0.15) is 5.76 Å². The number of nitrogens with one attached hydrogen (secondary N) is 1. The topological polar surface area (TPSA) is 33.6 Å². The minimum atomic E-state index is 0.347. The summed E-state index contributed by atoms with van der Waals surface area (Å²) in [5.41, 5.74) is 6.21. The van der Waals surface area contributed by atoms with Crippen LogP contribution in [0.5, 0.6) is 0 Å². The molecule has 1 aliphatic rings. The van der Waals surface area contributed by atoms with Gasteiger partial charge in [0, 0.05) is 17.8 Å². The quantitative estimate of drug-likeness (QED) is 0.711. The Kier molecular flexibility index (Phi) is 5.92. The number of rotatable bonds is 6. The van der Waals surface area contributed by atoms with Crippen molar-refractivity contribution in [3.63, 3.8) is 0 Å². The molecular formula is C24H26N2O. The molecule has 2 aromatic rings. The molecule has 0 heterocycles. The smallest absolute Gasteiger partial charge is 0.121 e. The van der Waals surface area contributed by atoms with Gasteiger partial charge in [0.15, 0.2) is 0 Å². The van der Waals surface area contributed by atoms with Gasteiger partial charge in [0.05, 0.1) is 18.5 Å². The average Bonchev–Trinajstić information content (AvgIpc) is 2.66. The minimum absolute atomic E-state index is 0.347. The fourth-order valence-electron chi connectivity index (χ4n) is 3.08. The lowest BCUT2D eigenvalue weighted by molar-refractivity contribution is 0.307. The van der Waals surface area contributed by atoms with Gasteiger partial charge in [0.2, 0.25) is 0 Å². The summed E-state index contributed by atoms with van der Waals surface area (Å²) in [6.07, 6.45) is 6.72. The third-order valence-corrected chi connectivity index (χ3v) is 4.53. The molecule has 3 nitrogen and oxygen atoms in total. The number of aryl methyl sites for hydroxylation is 1. The second kappa shape index (κ2) is 8.54. The Morgan fingerprint density at radius 2 is 1.89 bits per heavy atom. The van der Waals surface area contributed by atoms with E-state index >= 15 is 0 Å². The summed E-state index contributed by atoms with van der Waals surface area (Å²) in [6.45, 7) is 8.34. The first kappa shape index (κ1) is 18.7. The van der Waals surface area contributed by atoms with Crippen LogP contribution in [0.3, 0.4) is 0 Å². The molecule has 2 aromatic carbocycles. The molecule has 0 fully saturated rings. The number of hydrogen-bond acceptors (Lipinski definition) is 3. The summed E-state index contributed by atoms with van der Waals surface area (Å²) >= 11 is 0. The fourth-order valence-corrected chi connectivity index (χ4v) is 3.08. The molecule has 3 rings (SSSR count). The summed E-state index contributed by atoms with van der Waals surface area (Å²) in [7, 11) is 1.66. The van der Waals surface area contributed by atoms with E-state index in [9.17, 15) is 0 Å². The van der Waals surface area contributed by atoms with Gasteiger partial charge in [-0.3, -0.25) is 0 Å². The number of allylic oxidation sites excluding steroid dienone is 4. The lowest BCUT2D eigenvalue weighted by atomic mass is 10.1. The molecule has 0 saturated carbocycles. The first-order chi connectivity index (χ1) is 13.0. The first-order valence-corrected chi connectivity index (χ1v) is 9.18. The molecule has 0 aromatic heterocycles. The Hall–Kier alpha value is -3.07. The molecule has 3 heteroatoms. The Balaban J connectivity index is 1.72. The summed E-state index contributed by atoms with van der Waals surface area (Å²) in [4.78, 5) is 4.77. The van der Waals surface area contributed by atoms with Gasteiger partial charge < -0.3 is 10.1 Å². The van der Waals surface area contributed by atoms with E-state index < -0.39 is 0 Å². The predicted molar refractivity (Wildman–Crippen MR) is 115 cm³/mol. The zero-order chi connectivity index (χ0) is 19.2. The van der Waals surface area contributed by atoms with E-state index in [1.54, 1.807) is 7.11 Å². The van der Waals surface area contributed by atoms with Gasteiger partial charge in [-0.05, 0) is 67.3 Å². The highest BCUT2D eigenvalue weighted by Gasteiger charge is 2.09. The SMILES string of the molecule is C=C1C=CC(OC)=CC1=Nc1ccc(NC(C)Cc2ccccc2)cc1C. The maximum atomic E-state index is 5.29. The molecule has 0 bridgehead atoms. The molecule has 1 atom stereocenters. The highest BCUT2D eigenvalue weighted by molar-refractivity contribution is 6.12. The maximum absolute atomic E-state index is 5.29. The van der Waals surface area contributed by atoms with Crippen LogP contribution < -0.4 is 5.32 Å². The molecule has 0 radical (unpaired) electrons. The Morgan fingerprint density at radius 3 is 2.59 bits per heavy atom. The van der Waals surface area contributed by atoms with Crippen molar-refractivity contribution in [2.75, 3.05) is 12.4 Å². The lowest BCUT2D eigenvalue weighted by Crippen LogP contribution is -2.18. The number of anilines is 1. The van der Waals surface area contributed by atoms with E-state index in [4.69, 9.17) is 9.73 Å². The second-order valence-corrected chi connectivity index (χ2v) is 6.84. The van der Waals surface area contributed by atoms with E-state index in [0.29, 0.717) is 6.04 Å². The number of ether oxygens (including phenoxy) is 1. The molecule has 0 spiro atoms. The van der Waals surface area contributed by atoms with Crippen LogP contribution in [0.15, 0.2) is 89.7 Å². The zero-order valence-corrected chi connectivity index (χ0v) is 16.2. The van der Waals surface area contributed by atoms with Crippen LogP contribution >= 0.6 is 0 Å². The van der Waals surface area contributed by atoms with Crippen LogP contribution in [0.1, 0.15) is 18.1 Å². The number of nitrogens with zero attached hydrogens (tertiary/aromatic N) is 1. The van der Waals surface area contributed by atoms with E-state index in [1.807, 2.05) is 30.4 Å². The Bertz CT molecular complexity index is 907. The van der Waals surface area contributed by atoms with Crippen molar-refractivity contribution < 1.29 is 4.74 Å². The first-order valence-electron chi connectivity index (χ1n) is 9.18. The summed E-state index contributed by atoms with van der Waals surface area (Å²) in [5.74, 6) is 0.784. The molecule has 0 amide bonds. The van der Waals surface area contributed by atoms with Gasteiger partial charge in [-0.1, -0.05) is 36.9 Å². The third-order valence-electron chi connectivity index (χ3n) is 4.53. The number of aliphatic imine (C=N–C) groups is 1. The van der Waals surface area contributed by atoms with Gasteiger partial charge in [0.25, 0.3) is 0 Å². The summed E-state index contributed by atoms with van der Waals surface area (Å²) in [5, 5.41) is 3.58. The molecule has 138 valence electrons. The Labute approximate surface area is 161 Å². The van der Waals surface area contributed by atoms with Crippen molar-refractivity contribution in [3.8, 4) is 0 Å².